The van der Waals surface area contributed by atoms with E-state index in [2.05, 4.69) is 6.07 Å². The molecule has 0 radical (unpaired) electrons. The molecular formula is C17H13NO2. The molecule has 3 heteroatoms. The third-order valence-electron chi connectivity index (χ3n) is 3.35. The van der Waals surface area contributed by atoms with Gasteiger partial charge in [0.2, 0.25) is 0 Å². The average Bonchev–Trinajstić information content (AvgIpc) is 2.51. The van der Waals surface area contributed by atoms with Crippen molar-refractivity contribution in [3.8, 4) is 11.8 Å². The second-order valence-corrected chi connectivity index (χ2v) is 4.65. The number of nitriles is 1. The molecule has 0 saturated heterocycles. The topological polar surface area (TPSA) is 53.2 Å². The monoisotopic (exact) mass is 263 g/mol. The number of nitrogens with zero attached hydrogens (tertiary/aromatic N) is 1. The maximum Gasteiger partial charge on any atom is 0.147 e. The zero-order valence-electron chi connectivity index (χ0n) is 10.7. The van der Waals surface area contributed by atoms with Gasteiger partial charge >= 0.3 is 0 Å². The molecule has 0 amide bonds. The second kappa shape index (κ2) is 5.20. The maximum absolute atomic E-state index is 10.4. The highest BCUT2D eigenvalue weighted by molar-refractivity contribution is 5.58. The van der Waals surface area contributed by atoms with Crippen molar-refractivity contribution in [1.29, 1.82) is 5.26 Å². The van der Waals surface area contributed by atoms with Crippen molar-refractivity contribution in [2.75, 3.05) is 0 Å². The Morgan fingerprint density at radius 1 is 1.05 bits per heavy atom. The Labute approximate surface area is 117 Å². The fourth-order valence-electron chi connectivity index (χ4n) is 2.28. The molecule has 0 heterocycles. The van der Waals surface area contributed by atoms with Gasteiger partial charge in [0.25, 0.3) is 0 Å². The SMILES string of the molecule is N#Cc1ccc(O[C@H]2C=Cc3ccccc3[C@@H]2O)cc1. The Hall–Kier alpha value is -2.57. The number of ether oxygens (including phenoxy) is 1. The first-order valence-electron chi connectivity index (χ1n) is 6.40. The van der Waals surface area contributed by atoms with Crippen molar-refractivity contribution in [2.45, 2.75) is 12.2 Å². The number of fused-ring (bicyclic) bond motifs is 1. The summed E-state index contributed by atoms with van der Waals surface area (Å²) in [6, 6.07) is 16.6. The molecule has 2 atom stereocenters. The molecule has 0 aliphatic heterocycles. The van der Waals surface area contributed by atoms with Crippen molar-refractivity contribution in [3.05, 3.63) is 71.3 Å². The van der Waals surface area contributed by atoms with Crippen LogP contribution in [0.5, 0.6) is 5.75 Å². The number of hydrogen-bond acceptors (Lipinski definition) is 3. The summed E-state index contributed by atoms with van der Waals surface area (Å²) in [6.07, 6.45) is 2.70. The van der Waals surface area contributed by atoms with Crippen LogP contribution in [0.25, 0.3) is 6.08 Å². The maximum atomic E-state index is 10.4. The molecule has 0 unspecified atom stereocenters. The number of benzene rings is 2. The largest absolute Gasteiger partial charge is 0.483 e. The normalized spacial score (nSPS) is 20.0. The summed E-state index contributed by atoms with van der Waals surface area (Å²) < 4.78 is 5.78. The highest BCUT2D eigenvalue weighted by Crippen LogP contribution is 2.30. The zero-order valence-corrected chi connectivity index (χ0v) is 10.7. The van der Waals surface area contributed by atoms with Crippen LogP contribution in [0, 0.1) is 11.3 Å². The molecule has 2 aromatic carbocycles. The molecule has 0 spiro atoms. The molecule has 0 fully saturated rings. The summed E-state index contributed by atoms with van der Waals surface area (Å²) >= 11 is 0. The predicted octanol–water partition coefficient (Wildman–Crippen LogP) is 3.07. The van der Waals surface area contributed by atoms with E-state index in [0.29, 0.717) is 11.3 Å². The molecule has 3 nitrogen and oxygen atoms in total. The van der Waals surface area contributed by atoms with Crippen molar-refractivity contribution in [2.24, 2.45) is 0 Å². The third-order valence-corrected chi connectivity index (χ3v) is 3.35. The van der Waals surface area contributed by atoms with Crippen LogP contribution in [0.2, 0.25) is 0 Å². The van der Waals surface area contributed by atoms with Crippen LogP contribution in [-0.2, 0) is 0 Å². The standard InChI is InChI=1S/C17H13NO2/c18-11-12-5-8-14(9-6-12)20-16-10-7-13-3-1-2-4-15(13)17(16)19/h1-10,16-17,19H/t16-,17-/m0/s1. The summed E-state index contributed by atoms with van der Waals surface area (Å²) in [7, 11) is 0. The van der Waals surface area contributed by atoms with E-state index in [1.54, 1.807) is 24.3 Å². The first-order valence-corrected chi connectivity index (χ1v) is 6.40. The fourth-order valence-corrected chi connectivity index (χ4v) is 2.28. The summed E-state index contributed by atoms with van der Waals surface area (Å²) in [5, 5.41) is 19.1. The van der Waals surface area contributed by atoms with Crippen LogP contribution in [0.3, 0.4) is 0 Å². The number of hydrogen-bond donors (Lipinski definition) is 1. The summed E-state index contributed by atoms with van der Waals surface area (Å²) in [5.41, 5.74) is 2.47. The second-order valence-electron chi connectivity index (χ2n) is 4.65. The van der Waals surface area contributed by atoms with Crippen molar-refractivity contribution in [1.82, 2.24) is 0 Å². The minimum Gasteiger partial charge on any atom is -0.483 e. The average molecular weight is 263 g/mol. The van der Waals surface area contributed by atoms with Gasteiger partial charge in [-0.05, 0) is 41.5 Å². The predicted molar refractivity (Wildman–Crippen MR) is 76.0 cm³/mol. The third kappa shape index (κ3) is 2.29. The lowest BCUT2D eigenvalue weighted by atomic mass is 9.93. The number of rotatable bonds is 2. The fraction of sp³-hybridized carbons (Fsp3) is 0.118. The van der Waals surface area contributed by atoms with Gasteiger partial charge in [0.05, 0.1) is 11.6 Å². The molecular weight excluding hydrogens is 250 g/mol. The van der Waals surface area contributed by atoms with Gasteiger partial charge in [-0.3, -0.25) is 0 Å². The molecule has 2 aromatic rings. The zero-order chi connectivity index (χ0) is 13.9. The van der Waals surface area contributed by atoms with E-state index in [1.807, 2.05) is 36.4 Å². The quantitative estimate of drug-likeness (QED) is 0.906. The molecule has 1 aliphatic rings. The first-order chi connectivity index (χ1) is 9.78. The van der Waals surface area contributed by atoms with E-state index in [1.165, 1.54) is 0 Å². The van der Waals surface area contributed by atoms with Gasteiger partial charge in [0, 0.05) is 0 Å². The lowest BCUT2D eigenvalue weighted by Gasteiger charge is -2.26. The molecule has 20 heavy (non-hydrogen) atoms. The van der Waals surface area contributed by atoms with E-state index in [0.717, 1.165) is 11.1 Å². The van der Waals surface area contributed by atoms with Gasteiger partial charge in [-0.15, -0.1) is 0 Å². The Bertz CT molecular complexity index is 683. The summed E-state index contributed by atoms with van der Waals surface area (Å²) in [5.74, 6) is 0.636. The Balaban J connectivity index is 1.81. The Kier molecular flexibility index (Phi) is 3.24. The molecule has 0 aromatic heterocycles. The van der Waals surface area contributed by atoms with E-state index in [9.17, 15) is 5.11 Å². The van der Waals surface area contributed by atoms with Crippen LogP contribution >= 0.6 is 0 Å². The van der Waals surface area contributed by atoms with E-state index in [4.69, 9.17) is 10.00 Å². The molecule has 0 bridgehead atoms. The number of aliphatic hydroxyl groups excluding tert-OH is 1. The van der Waals surface area contributed by atoms with E-state index in [-0.39, 0.29) is 0 Å². The highest BCUT2D eigenvalue weighted by Gasteiger charge is 2.25. The summed E-state index contributed by atoms with van der Waals surface area (Å²) in [6.45, 7) is 0. The molecule has 98 valence electrons. The van der Waals surface area contributed by atoms with E-state index < -0.39 is 12.2 Å². The molecule has 0 saturated carbocycles. The molecule has 1 aliphatic carbocycles. The van der Waals surface area contributed by atoms with Gasteiger partial charge in [-0.2, -0.15) is 5.26 Å². The van der Waals surface area contributed by atoms with Crippen LogP contribution < -0.4 is 4.74 Å². The Morgan fingerprint density at radius 2 is 1.80 bits per heavy atom. The minimum atomic E-state index is -0.688. The first kappa shape index (κ1) is 12.5. The minimum absolute atomic E-state index is 0.419. The van der Waals surface area contributed by atoms with Crippen molar-refractivity contribution >= 4 is 6.08 Å². The Morgan fingerprint density at radius 3 is 2.55 bits per heavy atom. The van der Waals surface area contributed by atoms with E-state index >= 15 is 0 Å². The smallest absolute Gasteiger partial charge is 0.147 e. The van der Waals surface area contributed by atoms with Gasteiger partial charge < -0.3 is 9.84 Å². The van der Waals surface area contributed by atoms with Crippen LogP contribution in [0.15, 0.2) is 54.6 Å². The number of aliphatic hydroxyl groups is 1. The van der Waals surface area contributed by atoms with Crippen LogP contribution in [0.4, 0.5) is 0 Å². The van der Waals surface area contributed by atoms with Gasteiger partial charge in [0.15, 0.2) is 0 Å². The van der Waals surface area contributed by atoms with Gasteiger partial charge in [-0.25, -0.2) is 0 Å². The lowest BCUT2D eigenvalue weighted by Crippen LogP contribution is -2.25. The van der Waals surface area contributed by atoms with Gasteiger partial charge in [-0.1, -0.05) is 30.3 Å². The van der Waals surface area contributed by atoms with Crippen molar-refractivity contribution < 1.29 is 9.84 Å². The molecule has 3 rings (SSSR count). The van der Waals surface area contributed by atoms with Crippen molar-refractivity contribution in [3.63, 3.8) is 0 Å². The lowest BCUT2D eigenvalue weighted by molar-refractivity contribution is 0.0623. The van der Waals surface area contributed by atoms with Gasteiger partial charge in [0.1, 0.15) is 18.0 Å². The highest BCUT2D eigenvalue weighted by atomic mass is 16.5. The van der Waals surface area contributed by atoms with Crippen LogP contribution in [0.1, 0.15) is 22.8 Å². The summed E-state index contributed by atoms with van der Waals surface area (Å²) in [4.78, 5) is 0. The molecule has 1 N–H and O–H groups in total. The van der Waals surface area contributed by atoms with Crippen LogP contribution in [-0.4, -0.2) is 11.2 Å².